The molecule has 44 heavy (non-hydrogen) atoms. The van der Waals surface area contributed by atoms with Crippen LogP contribution in [0, 0.1) is 6.92 Å². The van der Waals surface area contributed by atoms with Crippen molar-refractivity contribution in [2.45, 2.75) is 50.6 Å². The van der Waals surface area contributed by atoms with E-state index < -0.39 is 28.5 Å². The Labute approximate surface area is 269 Å². The largest absolute Gasteiger partial charge is 0.354 e. The van der Waals surface area contributed by atoms with Crippen molar-refractivity contribution in [1.82, 2.24) is 10.2 Å². The molecule has 1 N–H and O–H groups in total. The molecular weight excluding hydrogens is 638 g/mol. The van der Waals surface area contributed by atoms with E-state index in [9.17, 15) is 18.0 Å². The van der Waals surface area contributed by atoms with Crippen LogP contribution in [0.1, 0.15) is 36.5 Å². The summed E-state index contributed by atoms with van der Waals surface area (Å²) in [6, 6.07) is 31.2. The van der Waals surface area contributed by atoms with Crippen LogP contribution < -0.4 is 9.62 Å². The van der Waals surface area contributed by atoms with Gasteiger partial charge in [0, 0.05) is 24.0 Å². The van der Waals surface area contributed by atoms with Gasteiger partial charge in [-0.25, -0.2) is 8.42 Å². The van der Waals surface area contributed by atoms with E-state index in [1.54, 1.807) is 42.5 Å². The van der Waals surface area contributed by atoms with Gasteiger partial charge in [-0.1, -0.05) is 102 Å². The summed E-state index contributed by atoms with van der Waals surface area (Å²) in [6.45, 7) is 4.15. The number of nitrogens with one attached hydrogen (secondary N) is 1. The van der Waals surface area contributed by atoms with Gasteiger partial charge in [0.1, 0.15) is 12.6 Å². The van der Waals surface area contributed by atoms with Crippen LogP contribution in [0.5, 0.6) is 0 Å². The summed E-state index contributed by atoms with van der Waals surface area (Å²) in [4.78, 5) is 29.9. The number of nitrogens with zero attached hydrogens (tertiary/aromatic N) is 2. The maximum absolute atomic E-state index is 14.5. The lowest BCUT2D eigenvalue weighted by Crippen LogP contribution is -2.53. The first-order valence-electron chi connectivity index (χ1n) is 14.7. The zero-order valence-electron chi connectivity index (χ0n) is 25.0. The van der Waals surface area contributed by atoms with Crippen molar-refractivity contribution in [3.63, 3.8) is 0 Å². The molecule has 4 rings (SSSR count). The number of hydrogen-bond acceptors (Lipinski definition) is 4. The van der Waals surface area contributed by atoms with Gasteiger partial charge in [-0.3, -0.25) is 13.9 Å². The first kappa shape index (κ1) is 33.0. The number of benzene rings is 4. The van der Waals surface area contributed by atoms with Crippen LogP contribution >= 0.6 is 15.9 Å². The molecular formula is C35H38BrN3O4S. The smallest absolute Gasteiger partial charge is 0.264 e. The zero-order valence-corrected chi connectivity index (χ0v) is 27.4. The molecule has 0 radical (unpaired) electrons. The molecule has 0 aliphatic rings. The van der Waals surface area contributed by atoms with Crippen LogP contribution in [0.4, 0.5) is 5.69 Å². The molecule has 0 saturated heterocycles. The molecule has 2 amide bonds. The third-order valence-corrected chi connectivity index (χ3v) is 9.74. The maximum Gasteiger partial charge on any atom is 0.264 e. The van der Waals surface area contributed by atoms with Gasteiger partial charge in [-0.15, -0.1) is 0 Å². The predicted molar refractivity (Wildman–Crippen MR) is 179 cm³/mol. The summed E-state index contributed by atoms with van der Waals surface area (Å²) in [5.74, 6) is -0.757. The van der Waals surface area contributed by atoms with Crippen molar-refractivity contribution >= 4 is 43.5 Å². The van der Waals surface area contributed by atoms with Gasteiger partial charge in [0.2, 0.25) is 11.8 Å². The monoisotopic (exact) mass is 675 g/mol. The minimum atomic E-state index is -4.13. The van der Waals surface area contributed by atoms with Gasteiger partial charge in [0.05, 0.1) is 10.6 Å². The Morgan fingerprint density at radius 1 is 0.841 bits per heavy atom. The number of rotatable bonds is 14. The number of hydrogen-bond donors (Lipinski definition) is 1. The Morgan fingerprint density at radius 3 is 2.09 bits per heavy atom. The highest BCUT2D eigenvalue weighted by molar-refractivity contribution is 9.10. The fraction of sp³-hybridized carbons (Fsp3) is 0.257. The zero-order chi connectivity index (χ0) is 31.5. The minimum absolute atomic E-state index is 0.0688. The van der Waals surface area contributed by atoms with E-state index in [-0.39, 0.29) is 23.8 Å². The quantitative estimate of drug-likeness (QED) is 0.154. The normalized spacial score (nSPS) is 11.9. The Balaban J connectivity index is 1.78. The summed E-state index contributed by atoms with van der Waals surface area (Å²) in [5, 5.41) is 3.02. The number of unbranched alkanes of at least 4 members (excludes halogenated alkanes) is 1. The van der Waals surface area contributed by atoms with Gasteiger partial charge < -0.3 is 10.2 Å². The molecule has 0 unspecified atom stereocenters. The summed E-state index contributed by atoms with van der Waals surface area (Å²) < 4.78 is 29.9. The van der Waals surface area contributed by atoms with Crippen molar-refractivity contribution in [1.29, 1.82) is 0 Å². The van der Waals surface area contributed by atoms with Gasteiger partial charge in [0.15, 0.2) is 0 Å². The molecule has 0 heterocycles. The number of aryl methyl sites for hydroxylation is 1. The molecule has 7 nitrogen and oxygen atoms in total. The van der Waals surface area contributed by atoms with Crippen molar-refractivity contribution in [2.75, 3.05) is 17.4 Å². The fourth-order valence-corrected chi connectivity index (χ4v) is 6.59. The number of carbonyl (C=O) groups is 2. The molecule has 0 aromatic heterocycles. The standard InChI is InChI=1S/C35H38BrN3O4S/c1-3-4-23-37-35(41)33(24-28-14-7-5-8-15-28)38(25-29-16-12-11-13-27(29)2)34(40)26-39(31-21-19-30(36)20-22-31)44(42,43)32-17-9-6-10-18-32/h5-22,33H,3-4,23-26H2,1-2H3,(H,37,41)/t33-/m1/s1. The highest BCUT2D eigenvalue weighted by atomic mass is 79.9. The van der Waals surface area contributed by atoms with E-state index in [2.05, 4.69) is 21.2 Å². The first-order chi connectivity index (χ1) is 21.2. The number of amides is 2. The van der Waals surface area contributed by atoms with E-state index in [1.807, 2.05) is 68.4 Å². The molecule has 4 aromatic carbocycles. The maximum atomic E-state index is 14.5. The van der Waals surface area contributed by atoms with Gasteiger partial charge >= 0.3 is 0 Å². The topological polar surface area (TPSA) is 86.8 Å². The van der Waals surface area contributed by atoms with Crippen LogP contribution in [-0.4, -0.2) is 44.3 Å². The summed E-state index contributed by atoms with van der Waals surface area (Å²) in [6.07, 6.45) is 2.00. The average Bonchev–Trinajstić information content (AvgIpc) is 3.03. The molecule has 4 aromatic rings. The number of halogens is 1. The van der Waals surface area contributed by atoms with Gasteiger partial charge in [-0.05, 0) is 66.4 Å². The fourth-order valence-electron chi connectivity index (χ4n) is 4.89. The molecule has 9 heteroatoms. The van der Waals surface area contributed by atoms with Crippen LogP contribution in [0.25, 0.3) is 0 Å². The highest BCUT2D eigenvalue weighted by Crippen LogP contribution is 2.26. The lowest BCUT2D eigenvalue weighted by atomic mass is 10.0. The second kappa shape index (κ2) is 15.7. The summed E-state index contributed by atoms with van der Waals surface area (Å²) >= 11 is 3.41. The molecule has 0 spiro atoms. The van der Waals surface area contributed by atoms with Crippen LogP contribution in [0.15, 0.2) is 119 Å². The first-order valence-corrected chi connectivity index (χ1v) is 16.9. The minimum Gasteiger partial charge on any atom is -0.354 e. The van der Waals surface area contributed by atoms with Crippen LogP contribution in [0.3, 0.4) is 0 Å². The predicted octanol–water partition coefficient (Wildman–Crippen LogP) is 6.51. The van der Waals surface area contributed by atoms with E-state index in [0.29, 0.717) is 12.2 Å². The molecule has 230 valence electrons. The van der Waals surface area contributed by atoms with Crippen LogP contribution in [0.2, 0.25) is 0 Å². The molecule has 0 saturated carbocycles. The van der Waals surface area contributed by atoms with E-state index >= 15 is 0 Å². The van der Waals surface area contributed by atoms with Crippen molar-refractivity contribution < 1.29 is 18.0 Å². The molecule has 0 aliphatic carbocycles. The van der Waals surface area contributed by atoms with Gasteiger partial charge in [0.25, 0.3) is 10.0 Å². The Kier molecular flexibility index (Phi) is 11.7. The molecule has 0 fully saturated rings. The van der Waals surface area contributed by atoms with E-state index in [4.69, 9.17) is 0 Å². The number of sulfonamides is 1. The average molecular weight is 677 g/mol. The molecule has 0 aliphatic heterocycles. The second-order valence-electron chi connectivity index (χ2n) is 10.6. The SMILES string of the molecule is CCCCNC(=O)[C@@H](Cc1ccccc1)N(Cc1ccccc1C)C(=O)CN(c1ccc(Br)cc1)S(=O)(=O)c1ccccc1. The lowest BCUT2D eigenvalue weighted by molar-refractivity contribution is -0.140. The Hall–Kier alpha value is -3.95. The molecule has 0 bridgehead atoms. The van der Waals surface area contributed by atoms with Crippen molar-refractivity contribution in [3.8, 4) is 0 Å². The third kappa shape index (κ3) is 8.57. The summed E-state index contributed by atoms with van der Waals surface area (Å²) in [5.41, 5.74) is 3.08. The van der Waals surface area contributed by atoms with Crippen molar-refractivity contribution in [3.05, 3.63) is 130 Å². The van der Waals surface area contributed by atoms with E-state index in [1.165, 1.54) is 17.0 Å². The summed E-state index contributed by atoms with van der Waals surface area (Å²) in [7, 11) is -4.13. The second-order valence-corrected chi connectivity index (χ2v) is 13.4. The lowest BCUT2D eigenvalue weighted by Gasteiger charge is -2.34. The number of anilines is 1. The van der Waals surface area contributed by atoms with Gasteiger partial charge in [-0.2, -0.15) is 0 Å². The highest BCUT2D eigenvalue weighted by Gasteiger charge is 2.34. The molecule has 1 atom stereocenters. The number of carbonyl (C=O) groups excluding carboxylic acids is 2. The van der Waals surface area contributed by atoms with Crippen molar-refractivity contribution in [2.24, 2.45) is 0 Å². The van der Waals surface area contributed by atoms with E-state index in [0.717, 1.165) is 38.3 Å². The Bertz CT molecular complexity index is 1630. The van der Waals surface area contributed by atoms with Crippen LogP contribution in [-0.2, 0) is 32.6 Å². The third-order valence-electron chi connectivity index (χ3n) is 7.43. The Morgan fingerprint density at radius 2 is 1.45 bits per heavy atom.